The number of aryl methyl sites for hydroxylation is 4. The maximum atomic E-state index is 13.7. The summed E-state index contributed by atoms with van der Waals surface area (Å²) < 4.78 is 29.2. The molecule has 4 rings (SSSR count). The molecule has 0 aliphatic heterocycles. The zero-order valence-corrected chi connectivity index (χ0v) is 15.1. The van der Waals surface area contributed by atoms with Crippen LogP contribution in [0.3, 0.4) is 0 Å². The summed E-state index contributed by atoms with van der Waals surface area (Å²) in [4.78, 5) is 13.4. The smallest absolute Gasteiger partial charge is 0.161 e. The minimum Gasteiger partial charge on any atom is -0.337 e. The van der Waals surface area contributed by atoms with Crippen molar-refractivity contribution >= 4 is 10.9 Å². The molecule has 2 aromatic heterocycles. The molecule has 0 amide bonds. The van der Waals surface area contributed by atoms with E-state index in [0.717, 1.165) is 23.1 Å². The van der Waals surface area contributed by atoms with Crippen LogP contribution in [-0.4, -0.2) is 19.5 Å². The lowest BCUT2D eigenvalue weighted by Crippen LogP contribution is -2.04. The molecule has 0 spiro atoms. The van der Waals surface area contributed by atoms with E-state index in [9.17, 15) is 8.78 Å². The fraction of sp³-hybridized carbons (Fsp3) is 0.190. The quantitative estimate of drug-likeness (QED) is 0.539. The third-order valence-corrected chi connectivity index (χ3v) is 4.56. The van der Waals surface area contributed by atoms with Crippen LogP contribution in [0, 0.1) is 18.6 Å². The van der Waals surface area contributed by atoms with E-state index >= 15 is 0 Å². The molecule has 0 radical (unpaired) electrons. The Kier molecular flexibility index (Phi) is 4.39. The van der Waals surface area contributed by atoms with Crippen LogP contribution in [0.1, 0.15) is 17.3 Å². The minimum absolute atomic E-state index is 0.418. The number of benzene rings is 2. The first-order valence-corrected chi connectivity index (χ1v) is 8.71. The van der Waals surface area contributed by atoms with Crippen molar-refractivity contribution in [3.05, 3.63) is 77.6 Å². The summed E-state index contributed by atoms with van der Waals surface area (Å²) in [5, 5.41) is 0.539. The molecule has 0 saturated carbocycles. The summed E-state index contributed by atoms with van der Waals surface area (Å²) in [6, 6.07) is 12.3. The Morgan fingerprint density at radius 2 is 1.67 bits per heavy atom. The van der Waals surface area contributed by atoms with Gasteiger partial charge < -0.3 is 4.57 Å². The summed E-state index contributed by atoms with van der Waals surface area (Å²) in [6.07, 6.45) is 3.18. The topological polar surface area (TPSA) is 43.6 Å². The maximum Gasteiger partial charge on any atom is 0.161 e. The first kappa shape index (κ1) is 17.3. The molecule has 6 heteroatoms. The van der Waals surface area contributed by atoms with E-state index < -0.39 is 11.6 Å². The van der Waals surface area contributed by atoms with E-state index in [0.29, 0.717) is 35.3 Å². The average molecular weight is 364 g/mol. The molecule has 0 unspecified atom stereocenters. The van der Waals surface area contributed by atoms with Gasteiger partial charge in [-0.25, -0.2) is 23.7 Å². The largest absolute Gasteiger partial charge is 0.337 e. The Morgan fingerprint density at radius 1 is 0.926 bits per heavy atom. The molecule has 27 heavy (non-hydrogen) atoms. The lowest BCUT2D eigenvalue weighted by molar-refractivity contribution is 0.510. The van der Waals surface area contributed by atoms with Crippen LogP contribution < -0.4 is 0 Å². The number of imidazole rings is 1. The van der Waals surface area contributed by atoms with Crippen LogP contribution in [0.2, 0.25) is 0 Å². The van der Waals surface area contributed by atoms with Crippen LogP contribution in [-0.2, 0) is 19.9 Å². The standard InChI is InChI=1S/C21H18F2N4/c1-13-24-18(15-10-16(22)17(23)11-19(15)25-13)8-9-21-26-20(12-27(21)2)14-6-4-3-5-7-14/h3-7,10-12H,8-9H2,1-2H3. The molecule has 2 aromatic carbocycles. The summed E-state index contributed by atoms with van der Waals surface area (Å²) in [7, 11) is 1.95. The Morgan fingerprint density at radius 3 is 2.44 bits per heavy atom. The summed E-state index contributed by atoms with van der Waals surface area (Å²) >= 11 is 0. The van der Waals surface area contributed by atoms with Gasteiger partial charge in [-0.3, -0.25) is 0 Å². The van der Waals surface area contributed by atoms with Gasteiger partial charge in [-0.1, -0.05) is 30.3 Å². The number of aromatic nitrogens is 4. The van der Waals surface area contributed by atoms with Gasteiger partial charge in [0.25, 0.3) is 0 Å². The van der Waals surface area contributed by atoms with Crippen molar-refractivity contribution in [2.24, 2.45) is 7.05 Å². The summed E-state index contributed by atoms with van der Waals surface area (Å²) in [5.74, 6) is -0.350. The predicted octanol–water partition coefficient (Wildman–Crippen LogP) is 4.40. The number of nitrogens with zero attached hydrogens (tertiary/aromatic N) is 4. The van der Waals surface area contributed by atoms with Gasteiger partial charge in [0.15, 0.2) is 11.6 Å². The second kappa shape index (κ2) is 6.87. The predicted molar refractivity (Wildman–Crippen MR) is 100 cm³/mol. The van der Waals surface area contributed by atoms with Gasteiger partial charge in [0.1, 0.15) is 11.6 Å². The van der Waals surface area contributed by atoms with Gasteiger partial charge in [-0.05, 0) is 19.4 Å². The Bertz CT molecular complexity index is 1120. The molecule has 4 nitrogen and oxygen atoms in total. The van der Waals surface area contributed by atoms with Crippen LogP contribution in [0.25, 0.3) is 22.2 Å². The summed E-state index contributed by atoms with van der Waals surface area (Å²) in [6.45, 7) is 1.75. The van der Waals surface area contributed by atoms with Crippen molar-refractivity contribution in [1.82, 2.24) is 19.5 Å². The fourth-order valence-corrected chi connectivity index (χ4v) is 3.22. The number of halogens is 2. The molecule has 0 aliphatic carbocycles. The molecular weight excluding hydrogens is 346 g/mol. The number of rotatable bonds is 4. The van der Waals surface area contributed by atoms with Crippen molar-refractivity contribution in [2.45, 2.75) is 19.8 Å². The first-order chi connectivity index (χ1) is 13.0. The first-order valence-electron chi connectivity index (χ1n) is 8.71. The van der Waals surface area contributed by atoms with E-state index in [1.165, 1.54) is 6.07 Å². The second-order valence-electron chi connectivity index (χ2n) is 6.52. The van der Waals surface area contributed by atoms with E-state index in [-0.39, 0.29) is 0 Å². The molecule has 0 aliphatic rings. The van der Waals surface area contributed by atoms with E-state index in [1.54, 1.807) is 6.92 Å². The van der Waals surface area contributed by atoms with Crippen LogP contribution in [0.15, 0.2) is 48.7 Å². The molecule has 0 bridgehead atoms. The number of fused-ring (bicyclic) bond motifs is 1. The molecule has 0 atom stereocenters. The third-order valence-electron chi connectivity index (χ3n) is 4.56. The van der Waals surface area contributed by atoms with Crippen molar-refractivity contribution in [3.8, 4) is 11.3 Å². The number of hydrogen-bond acceptors (Lipinski definition) is 3. The molecule has 136 valence electrons. The third kappa shape index (κ3) is 3.43. The Hall–Kier alpha value is -3.15. The van der Waals surface area contributed by atoms with Gasteiger partial charge in [0, 0.05) is 36.7 Å². The van der Waals surface area contributed by atoms with Crippen molar-refractivity contribution in [3.63, 3.8) is 0 Å². The fourth-order valence-electron chi connectivity index (χ4n) is 3.22. The van der Waals surface area contributed by atoms with Crippen LogP contribution >= 0.6 is 0 Å². The molecule has 0 saturated heterocycles. The average Bonchev–Trinajstić information content (AvgIpc) is 3.03. The monoisotopic (exact) mass is 364 g/mol. The highest BCUT2D eigenvalue weighted by Crippen LogP contribution is 2.22. The van der Waals surface area contributed by atoms with Gasteiger partial charge in [-0.15, -0.1) is 0 Å². The van der Waals surface area contributed by atoms with E-state index in [1.807, 2.05) is 48.1 Å². The maximum absolute atomic E-state index is 13.7. The van der Waals surface area contributed by atoms with E-state index in [2.05, 4.69) is 9.97 Å². The zero-order valence-electron chi connectivity index (χ0n) is 15.1. The minimum atomic E-state index is -0.900. The highest BCUT2D eigenvalue weighted by Gasteiger charge is 2.13. The van der Waals surface area contributed by atoms with Crippen molar-refractivity contribution < 1.29 is 8.78 Å². The van der Waals surface area contributed by atoms with Crippen LogP contribution in [0.4, 0.5) is 8.78 Å². The number of hydrogen-bond donors (Lipinski definition) is 0. The zero-order chi connectivity index (χ0) is 19.0. The summed E-state index contributed by atoms with van der Waals surface area (Å²) in [5.41, 5.74) is 3.08. The molecule has 0 fully saturated rings. The Labute approximate surface area is 155 Å². The second-order valence-corrected chi connectivity index (χ2v) is 6.52. The molecular formula is C21H18F2N4. The van der Waals surface area contributed by atoms with Crippen molar-refractivity contribution in [1.29, 1.82) is 0 Å². The Balaban J connectivity index is 1.64. The molecule has 0 N–H and O–H groups in total. The highest BCUT2D eigenvalue weighted by atomic mass is 19.2. The molecule has 2 heterocycles. The van der Waals surface area contributed by atoms with Crippen molar-refractivity contribution in [2.75, 3.05) is 0 Å². The highest BCUT2D eigenvalue weighted by molar-refractivity contribution is 5.81. The normalized spacial score (nSPS) is 11.3. The van der Waals surface area contributed by atoms with Gasteiger partial charge >= 0.3 is 0 Å². The SMILES string of the molecule is Cc1nc(CCc2nc(-c3ccccc3)cn2C)c2cc(F)c(F)cc2n1. The molecule has 4 aromatic rings. The lowest BCUT2D eigenvalue weighted by Gasteiger charge is -2.08. The van der Waals surface area contributed by atoms with Gasteiger partial charge in [-0.2, -0.15) is 0 Å². The van der Waals surface area contributed by atoms with E-state index in [4.69, 9.17) is 4.98 Å². The van der Waals surface area contributed by atoms with Crippen LogP contribution in [0.5, 0.6) is 0 Å². The van der Waals surface area contributed by atoms with Gasteiger partial charge in [0.05, 0.1) is 16.9 Å². The lowest BCUT2D eigenvalue weighted by atomic mass is 10.1. The van der Waals surface area contributed by atoms with Gasteiger partial charge in [0.2, 0.25) is 0 Å².